The van der Waals surface area contributed by atoms with Gasteiger partial charge >= 0.3 is 0 Å². The van der Waals surface area contributed by atoms with E-state index in [1.54, 1.807) is 13.0 Å². The fraction of sp³-hybridized carbons (Fsp3) is 0.571. The van der Waals surface area contributed by atoms with Crippen molar-refractivity contribution in [2.75, 3.05) is 33.1 Å². The summed E-state index contributed by atoms with van der Waals surface area (Å²) >= 11 is 0. The van der Waals surface area contributed by atoms with Crippen LogP contribution in [0.15, 0.2) is 16.9 Å². The lowest BCUT2D eigenvalue weighted by Crippen LogP contribution is -2.44. The molecule has 0 aliphatic carbocycles. The molecule has 2 heterocycles. The highest BCUT2D eigenvalue weighted by Crippen LogP contribution is 2.17. The van der Waals surface area contributed by atoms with Gasteiger partial charge in [0.1, 0.15) is 5.56 Å². The highest BCUT2D eigenvalue weighted by atomic mass is 32.2. The van der Waals surface area contributed by atoms with Crippen LogP contribution in [0.4, 0.5) is 0 Å². The molecule has 1 amide bonds. The summed E-state index contributed by atoms with van der Waals surface area (Å²) < 4.78 is 30.4. The first-order valence-electron chi connectivity index (χ1n) is 7.19. The second-order valence-electron chi connectivity index (χ2n) is 5.82. The van der Waals surface area contributed by atoms with E-state index in [4.69, 9.17) is 4.74 Å². The first-order valence-corrected chi connectivity index (χ1v) is 8.80. The summed E-state index contributed by atoms with van der Waals surface area (Å²) in [7, 11) is -0.469. The standard InChI is InChI=1S/C14H21N3O5S/c1-9-4-5-11(13(18)15-9)14(19)16-12-7-22-6-10(12)8-23(20,21)17(2)3/h4-5,10,12H,6-8H2,1-3H3,(H,15,18)(H,16,19)/t10-,12+/m0/s1. The molecule has 0 unspecified atom stereocenters. The van der Waals surface area contributed by atoms with E-state index in [2.05, 4.69) is 10.3 Å². The molecule has 0 saturated carbocycles. The molecule has 1 saturated heterocycles. The van der Waals surface area contributed by atoms with Gasteiger partial charge in [-0.05, 0) is 19.1 Å². The zero-order valence-electron chi connectivity index (χ0n) is 13.3. The van der Waals surface area contributed by atoms with E-state index in [1.165, 1.54) is 20.2 Å². The largest absolute Gasteiger partial charge is 0.379 e. The predicted molar refractivity (Wildman–Crippen MR) is 84.8 cm³/mol. The Morgan fingerprint density at radius 3 is 2.70 bits per heavy atom. The van der Waals surface area contributed by atoms with Crippen LogP contribution in [0, 0.1) is 12.8 Å². The Morgan fingerprint density at radius 1 is 1.39 bits per heavy atom. The lowest BCUT2D eigenvalue weighted by molar-refractivity contribution is 0.0924. The maximum absolute atomic E-state index is 12.2. The highest BCUT2D eigenvalue weighted by molar-refractivity contribution is 7.89. The summed E-state index contributed by atoms with van der Waals surface area (Å²) in [5, 5.41) is 2.70. The van der Waals surface area contributed by atoms with Crippen LogP contribution >= 0.6 is 0 Å². The Balaban J connectivity index is 2.09. The summed E-state index contributed by atoms with van der Waals surface area (Å²) in [6.07, 6.45) is 0. The summed E-state index contributed by atoms with van der Waals surface area (Å²) in [4.78, 5) is 26.6. The molecule has 1 aliphatic rings. The van der Waals surface area contributed by atoms with Crippen molar-refractivity contribution in [3.63, 3.8) is 0 Å². The second-order valence-corrected chi connectivity index (χ2v) is 8.05. The van der Waals surface area contributed by atoms with Gasteiger partial charge in [0, 0.05) is 25.7 Å². The van der Waals surface area contributed by atoms with E-state index in [1.807, 2.05) is 0 Å². The number of pyridine rings is 1. The molecule has 2 rings (SSSR count). The van der Waals surface area contributed by atoms with Crippen molar-refractivity contribution in [2.45, 2.75) is 13.0 Å². The van der Waals surface area contributed by atoms with Gasteiger partial charge in [-0.1, -0.05) is 0 Å². The normalized spacial score (nSPS) is 21.6. The minimum Gasteiger partial charge on any atom is -0.379 e. The molecule has 128 valence electrons. The number of carbonyl (C=O) groups is 1. The van der Waals surface area contributed by atoms with E-state index < -0.39 is 27.5 Å². The molecule has 0 radical (unpaired) electrons. The number of amides is 1. The average Bonchev–Trinajstić information content (AvgIpc) is 2.84. The summed E-state index contributed by atoms with van der Waals surface area (Å²) in [5.41, 5.74) is 0.182. The molecule has 1 aromatic rings. The summed E-state index contributed by atoms with van der Waals surface area (Å²) in [5.74, 6) is -1.00. The molecule has 1 fully saturated rings. The third-order valence-corrected chi connectivity index (χ3v) is 5.76. The molecular formula is C14H21N3O5S. The summed E-state index contributed by atoms with van der Waals surface area (Å²) in [6.45, 7) is 2.20. The maximum Gasteiger partial charge on any atom is 0.260 e. The van der Waals surface area contributed by atoms with Crippen LogP contribution < -0.4 is 10.9 Å². The molecule has 2 atom stereocenters. The van der Waals surface area contributed by atoms with Crippen molar-refractivity contribution in [2.24, 2.45) is 5.92 Å². The lowest BCUT2D eigenvalue weighted by atomic mass is 10.1. The predicted octanol–water partition coefficient (Wildman–Crippen LogP) is -0.680. The van der Waals surface area contributed by atoms with E-state index in [0.717, 1.165) is 4.31 Å². The second kappa shape index (κ2) is 6.81. The molecule has 2 N–H and O–H groups in total. The van der Waals surface area contributed by atoms with Crippen LogP contribution in [-0.4, -0.2) is 62.7 Å². The number of nitrogens with one attached hydrogen (secondary N) is 2. The fourth-order valence-electron chi connectivity index (χ4n) is 2.34. The van der Waals surface area contributed by atoms with Crippen LogP contribution in [0.25, 0.3) is 0 Å². The molecule has 0 spiro atoms. The minimum absolute atomic E-state index is 0.00304. The summed E-state index contributed by atoms with van der Waals surface area (Å²) in [6, 6.07) is 2.64. The number of hydrogen-bond donors (Lipinski definition) is 2. The maximum atomic E-state index is 12.2. The van der Waals surface area contributed by atoms with Crippen molar-refractivity contribution >= 4 is 15.9 Å². The van der Waals surface area contributed by atoms with Crippen LogP contribution in [-0.2, 0) is 14.8 Å². The number of nitrogens with zero attached hydrogens (tertiary/aromatic N) is 1. The van der Waals surface area contributed by atoms with Gasteiger partial charge in [0.25, 0.3) is 11.5 Å². The lowest BCUT2D eigenvalue weighted by Gasteiger charge is -2.20. The first kappa shape index (κ1) is 17.6. The fourth-order valence-corrected chi connectivity index (χ4v) is 3.51. The molecule has 0 aromatic carbocycles. The van der Waals surface area contributed by atoms with Gasteiger partial charge in [-0.15, -0.1) is 0 Å². The smallest absolute Gasteiger partial charge is 0.260 e. The van der Waals surface area contributed by atoms with Crippen LogP contribution in [0.5, 0.6) is 0 Å². The molecule has 0 bridgehead atoms. The number of sulfonamides is 1. The Morgan fingerprint density at radius 2 is 2.09 bits per heavy atom. The van der Waals surface area contributed by atoms with Gasteiger partial charge < -0.3 is 15.0 Å². The zero-order chi connectivity index (χ0) is 17.2. The Bertz CT molecular complexity index is 741. The Labute approximate surface area is 134 Å². The zero-order valence-corrected chi connectivity index (χ0v) is 14.1. The highest BCUT2D eigenvalue weighted by Gasteiger charge is 2.34. The van der Waals surface area contributed by atoms with E-state index in [-0.39, 0.29) is 30.4 Å². The van der Waals surface area contributed by atoms with Crippen molar-refractivity contribution in [1.82, 2.24) is 14.6 Å². The number of H-pyrrole nitrogens is 1. The minimum atomic E-state index is -3.39. The number of hydrogen-bond acceptors (Lipinski definition) is 5. The Hall–Kier alpha value is -1.71. The number of aromatic nitrogens is 1. The van der Waals surface area contributed by atoms with Gasteiger partial charge in [-0.25, -0.2) is 12.7 Å². The van der Waals surface area contributed by atoms with Crippen LogP contribution in [0.2, 0.25) is 0 Å². The van der Waals surface area contributed by atoms with Gasteiger partial charge in [0.15, 0.2) is 0 Å². The van der Waals surface area contributed by atoms with Gasteiger partial charge in [-0.2, -0.15) is 0 Å². The van der Waals surface area contributed by atoms with Crippen LogP contribution in [0.1, 0.15) is 16.1 Å². The van der Waals surface area contributed by atoms with Crippen LogP contribution in [0.3, 0.4) is 0 Å². The van der Waals surface area contributed by atoms with Gasteiger partial charge in [0.2, 0.25) is 10.0 Å². The molecular weight excluding hydrogens is 322 g/mol. The van der Waals surface area contributed by atoms with E-state index >= 15 is 0 Å². The SMILES string of the molecule is Cc1ccc(C(=O)N[C@@H]2COC[C@H]2CS(=O)(=O)N(C)C)c(=O)[nH]1. The number of carbonyl (C=O) groups excluding carboxylic acids is 1. The molecule has 8 nitrogen and oxygen atoms in total. The van der Waals surface area contributed by atoms with Gasteiger partial charge in [0.05, 0.1) is 25.0 Å². The van der Waals surface area contributed by atoms with Crippen molar-refractivity contribution < 1.29 is 17.9 Å². The van der Waals surface area contributed by atoms with E-state index in [0.29, 0.717) is 5.69 Å². The number of aromatic amines is 1. The molecule has 9 heteroatoms. The Kier molecular flexibility index (Phi) is 5.23. The van der Waals surface area contributed by atoms with Crippen molar-refractivity contribution in [3.8, 4) is 0 Å². The number of aryl methyl sites for hydroxylation is 1. The van der Waals surface area contributed by atoms with E-state index in [9.17, 15) is 18.0 Å². The van der Waals surface area contributed by atoms with Crippen molar-refractivity contribution in [3.05, 3.63) is 33.7 Å². The monoisotopic (exact) mass is 343 g/mol. The topological polar surface area (TPSA) is 109 Å². The molecule has 1 aromatic heterocycles. The number of rotatable bonds is 5. The first-order chi connectivity index (χ1) is 10.7. The quantitative estimate of drug-likeness (QED) is 0.736. The molecule has 1 aliphatic heterocycles. The third kappa shape index (κ3) is 4.18. The number of ether oxygens (including phenoxy) is 1. The van der Waals surface area contributed by atoms with Crippen molar-refractivity contribution in [1.29, 1.82) is 0 Å². The average molecular weight is 343 g/mol. The third-order valence-electron chi connectivity index (χ3n) is 3.80. The molecule has 23 heavy (non-hydrogen) atoms. The van der Waals surface area contributed by atoms with Gasteiger partial charge in [-0.3, -0.25) is 9.59 Å².